The monoisotopic (exact) mass is 287 g/mol. The summed E-state index contributed by atoms with van der Waals surface area (Å²) in [4.78, 5) is 8.70. The summed E-state index contributed by atoms with van der Waals surface area (Å²) < 4.78 is 0. The molecule has 7 nitrogen and oxygen atoms in total. The largest absolute Gasteiger partial charge is 0.360 e. The van der Waals surface area contributed by atoms with Crippen LogP contribution in [0.15, 0.2) is 48.8 Å². The fourth-order valence-electron chi connectivity index (χ4n) is 2.25. The number of hydrogen-bond acceptors (Lipinski definition) is 5. The molecule has 0 atom stereocenters. The molecule has 0 amide bonds. The first kappa shape index (κ1) is 12.2. The van der Waals surface area contributed by atoms with Crippen molar-refractivity contribution in [2.75, 3.05) is 0 Å². The lowest BCUT2D eigenvalue weighted by Gasteiger charge is -1.98. The van der Waals surface area contributed by atoms with Crippen LogP contribution in [0.5, 0.6) is 0 Å². The fraction of sp³-hybridized carbons (Fsp3) is 0. The highest BCUT2D eigenvalue weighted by Crippen LogP contribution is 2.20. The Balaban J connectivity index is 1.77. The molecular formula is C15H9N7. The summed E-state index contributed by atoms with van der Waals surface area (Å²) in [5.41, 5.74) is 2.89. The van der Waals surface area contributed by atoms with Crippen molar-refractivity contribution >= 4 is 10.9 Å². The van der Waals surface area contributed by atoms with Crippen LogP contribution < -0.4 is 0 Å². The minimum absolute atomic E-state index is 0.463. The normalized spacial score (nSPS) is 10.7. The van der Waals surface area contributed by atoms with Gasteiger partial charge in [0, 0.05) is 23.3 Å². The smallest absolute Gasteiger partial charge is 0.223 e. The number of nitrogens with zero attached hydrogens (tertiary/aromatic N) is 6. The van der Waals surface area contributed by atoms with Crippen LogP contribution in [-0.4, -0.2) is 30.2 Å². The third kappa shape index (κ3) is 1.91. The number of hydrogen-bond donors (Lipinski definition) is 1. The molecule has 0 radical (unpaired) electrons. The number of tetrazole rings is 1. The van der Waals surface area contributed by atoms with E-state index in [2.05, 4.69) is 31.4 Å². The Morgan fingerprint density at radius 3 is 2.95 bits per heavy atom. The van der Waals surface area contributed by atoms with Gasteiger partial charge in [0.2, 0.25) is 5.82 Å². The van der Waals surface area contributed by atoms with Gasteiger partial charge in [0.1, 0.15) is 11.8 Å². The lowest BCUT2D eigenvalue weighted by atomic mass is 10.2. The quantitative estimate of drug-likeness (QED) is 0.609. The zero-order chi connectivity index (χ0) is 14.9. The Bertz CT molecular complexity index is 992. The summed E-state index contributed by atoms with van der Waals surface area (Å²) in [5, 5.41) is 22.3. The first-order chi connectivity index (χ1) is 10.8. The molecule has 104 valence electrons. The zero-order valence-electron chi connectivity index (χ0n) is 11.3. The van der Waals surface area contributed by atoms with E-state index in [4.69, 9.17) is 5.26 Å². The SMILES string of the molecule is N#Cc1c[nH]c2cc(-n3nnc(-c4ccccn4)n3)ccc12. The van der Waals surface area contributed by atoms with Gasteiger partial charge in [-0.2, -0.15) is 5.26 Å². The Hall–Kier alpha value is -3.53. The van der Waals surface area contributed by atoms with Crippen LogP contribution in [0.3, 0.4) is 0 Å². The van der Waals surface area contributed by atoms with Crippen LogP contribution in [0.4, 0.5) is 0 Å². The first-order valence-corrected chi connectivity index (χ1v) is 6.58. The highest BCUT2D eigenvalue weighted by atomic mass is 15.6. The molecule has 4 rings (SSSR count). The number of aromatic amines is 1. The van der Waals surface area contributed by atoms with Crippen molar-refractivity contribution in [3.8, 4) is 23.3 Å². The van der Waals surface area contributed by atoms with Crippen molar-refractivity contribution in [2.24, 2.45) is 0 Å². The number of fused-ring (bicyclic) bond motifs is 1. The molecule has 0 spiro atoms. The standard InChI is InChI=1S/C15H9N7/c16-8-10-9-18-14-7-11(4-5-12(10)14)22-20-15(19-21-22)13-3-1-2-6-17-13/h1-7,9,18H. The average molecular weight is 287 g/mol. The van der Waals surface area contributed by atoms with Crippen molar-refractivity contribution in [3.63, 3.8) is 0 Å². The van der Waals surface area contributed by atoms with Crippen LogP contribution in [-0.2, 0) is 0 Å². The Morgan fingerprint density at radius 1 is 1.18 bits per heavy atom. The van der Waals surface area contributed by atoms with Gasteiger partial charge in [0.25, 0.3) is 0 Å². The lowest BCUT2D eigenvalue weighted by molar-refractivity contribution is 0.720. The molecule has 0 saturated carbocycles. The van der Waals surface area contributed by atoms with Crippen molar-refractivity contribution in [1.29, 1.82) is 5.26 Å². The second-order valence-electron chi connectivity index (χ2n) is 4.66. The number of pyridine rings is 1. The van der Waals surface area contributed by atoms with E-state index in [1.807, 2.05) is 36.4 Å². The van der Waals surface area contributed by atoms with Crippen molar-refractivity contribution in [2.45, 2.75) is 0 Å². The van der Waals surface area contributed by atoms with Gasteiger partial charge in [-0.1, -0.05) is 6.07 Å². The number of nitriles is 1. The number of aromatic nitrogens is 6. The molecule has 0 bridgehead atoms. The van der Waals surface area contributed by atoms with Crippen LogP contribution in [0.1, 0.15) is 5.56 Å². The summed E-state index contributed by atoms with van der Waals surface area (Å²) in [6.07, 6.45) is 3.37. The van der Waals surface area contributed by atoms with E-state index in [0.717, 1.165) is 16.6 Å². The maximum atomic E-state index is 9.02. The number of H-pyrrole nitrogens is 1. The summed E-state index contributed by atoms with van der Waals surface area (Å²) in [5.74, 6) is 0.463. The summed E-state index contributed by atoms with van der Waals surface area (Å²) in [6.45, 7) is 0. The van der Waals surface area contributed by atoms with Gasteiger partial charge in [-0.15, -0.1) is 15.0 Å². The summed E-state index contributed by atoms with van der Waals surface area (Å²) in [6, 6.07) is 13.3. The second-order valence-corrected chi connectivity index (χ2v) is 4.66. The molecule has 0 aliphatic carbocycles. The average Bonchev–Trinajstić information content (AvgIpc) is 3.22. The van der Waals surface area contributed by atoms with E-state index < -0.39 is 0 Å². The van der Waals surface area contributed by atoms with Gasteiger partial charge in [-0.3, -0.25) is 4.98 Å². The van der Waals surface area contributed by atoms with Crippen LogP contribution in [0.25, 0.3) is 28.1 Å². The maximum Gasteiger partial charge on any atom is 0.223 e. The molecule has 0 saturated heterocycles. The van der Waals surface area contributed by atoms with E-state index in [1.165, 1.54) is 4.80 Å². The molecule has 1 N–H and O–H groups in total. The molecule has 1 aromatic carbocycles. The molecular weight excluding hydrogens is 278 g/mol. The number of nitrogens with one attached hydrogen (secondary N) is 1. The summed E-state index contributed by atoms with van der Waals surface area (Å²) >= 11 is 0. The summed E-state index contributed by atoms with van der Waals surface area (Å²) in [7, 11) is 0. The predicted molar refractivity (Wildman–Crippen MR) is 79.0 cm³/mol. The van der Waals surface area contributed by atoms with Crippen molar-refractivity contribution in [3.05, 3.63) is 54.4 Å². The molecule has 0 aliphatic heterocycles. The van der Waals surface area contributed by atoms with Crippen LogP contribution >= 0.6 is 0 Å². The van der Waals surface area contributed by atoms with Gasteiger partial charge in [-0.25, -0.2) is 0 Å². The van der Waals surface area contributed by atoms with E-state index >= 15 is 0 Å². The Kier molecular flexibility index (Phi) is 2.66. The molecule has 7 heteroatoms. The van der Waals surface area contributed by atoms with Crippen LogP contribution in [0, 0.1) is 11.3 Å². The third-order valence-electron chi connectivity index (χ3n) is 3.32. The fourth-order valence-corrected chi connectivity index (χ4v) is 2.25. The first-order valence-electron chi connectivity index (χ1n) is 6.58. The van der Waals surface area contributed by atoms with Gasteiger partial charge >= 0.3 is 0 Å². The highest BCUT2D eigenvalue weighted by Gasteiger charge is 2.10. The van der Waals surface area contributed by atoms with Gasteiger partial charge in [0.05, 0.1) is 11.3 Å². The van der Waals surface area contributed by atoms with E-state index in [1.54, 1.807) is 12.4 Å². The molecule has 0 unspecified atom stereocenters. The number of rotatable bonds is 2. The predicted octanol–water partition coefficient (Wildman–Crippen LogP) is 2.08. The zero-order valence-corrected chi connectivity index (χ0v) is 11.3. The topological polar surface area (TPSA) is 96.1 Å². The minimum Gasteiger partial charge on any atom is -0.360 e. The molecule has 3 heterocycles. The van der Waals surface area contributed by atoms with E-state index in [9.17, 15) is 0 Å². The van der Waals surface area contributed by atoms with Gasteiger partial charge in [-0.05, 0) is 35.5 Å². The van der Waals surface area contributed by atoms with E-state index in [0.29, 0.717) is 17.1 Å². The lowest BCUT2D eigenvalue weighted by Crippen LogP contribution is -1.98. The number of benzene rings is 1. The highest BCUT2D eigenvalue weighted by molar-refractivity contribution is 5.87. The molecule has 3 aromatic heterocycles. The minimum atomic E-state index is 0.463. The second kappa shape index (κ2) is 4.79. The van der Waals surface area contributed by atoms with Gasteiger partial charge < -0.3 is 4.98 Å². The molecule has 0 aliphatic rings. The Morgan fingerprint density at radius 2 is 2.14 bits per heavy atom. The third-order valence-corrected chi connectivity index (χ3v) is 3.32. The van der Waals surface area contributed by atoms with E-state index in [-0.39, 0.29) is 0 Å². The molecule has 22 heavy (non-hydrogen) atoms. The van der Waals surface area contributed by atoms with Crippen LogP contribution in [0.2, 0.25) is 0 Å². The van der Waals surface area contributed by atoms with Crippen molar-refractivity contribution < 1.29 is 0 Å². The Labute approximate surface area is 124 Å². The molecule has 4 aromatic rings. The maximum absolute atomic E-state index is 9.02. The van der Waals surface area contributed by atoms with Crippen molar-refractivity contribution in [1.82, 2.24) is 30.2 Å². The molecule has 0 fully saturated rings. The van der Waals surface area contributed by atoms with Gasteiger partial charge in [0.15, 0.2) is 0 Å².